The molecular formula is C15H19NO3. The minimum Gasteiger partial charge on any atom is -0.449 e. The van der Waals surface area contributed by atoms with Gasteiger partial charge in [0.05, 0.1) is 5.56 Å². The summed E-state index contributed by atoms with van der Waals surface area (Å²) >= 11 is 0. The van der Waals surface area contributed by atoms with Crippen molar-refractivity contribution < 1.29 is 14.3 Å². The van der Waals surface area contributed by atoms with Crippen LogP contribution in [0.15, 0.2) is 18.2 Å². The number of esters is 1. The Hall–Kier alpha value is -1.84. The average molecular weight is 261 g/mol. The molecule has 0 saturated carbocycles. The van der Waals surface area contributed by atoms with E-state index in [1.165, 1.54) is 16.0 Å². The van der Waals surface area contributed by atoms with Gasteiger partial charge in [-0.15, -0.1) is 0 Å². The van der Waals surface area contributed by atoms with E-state index in [-0.39, 0.29) is 5.91 Å². The SMILES string of the molecule is C[C@@H](OC(=O)c1ccc2c(c1)CCC2)C(=O)N(C)C. The molecule has 1 amide bonds. The Morgan fingerprint density at radius 3 is 2.58 bits per heavy atom. The summed E-state index contributed by atoms with van der Waals surface area (Å²) in [5.41, 5.74) is 3.06. The number of rotatable bonds is 3. The Morgan fingerprint density at radius 1 is 1.21 bits per heavy atom. The normalized spacial score (nSPS) is 14.7. The molecule has 0 bridgehead atoms. The van der Waals surface area contributed by atoms with Crippen LogP contribution in [0.4, 0.5) is 0 Å². The fourth-order valence-electron chi connectivity index (χ4n) is 2.34. The Morgan fingerprint density at radius 2 is 1.89 bits per heavy atom. The highest BCUT2D eigenvalue weighted by atomic mass is 16.5. The van der Waals surface area contributed by atoms with Crippen molar-refractivity contribution in [3.8, 4) is 0 Å². The third kappa shape index (κ3) is 2.95. The topological polar surface area (TPSA) is 46.6 Å². The maximum atomic E-state index is 12.0. The number of carbonyl (C=O) groups is 2. The molecular weight excluding hydrogens is 242 g/mol. The number of ether oxygens (including phenoxy) is 1. The molecule has 0 aromatic heterocycles. The van der Waals surface area contributed by atoms with Crippen molar-refractivity contribution >= 4 is 11.9 Å². The number of hydrogen-bond acceptors (Lipinski definition) is 3. The lowest BCUT2D eigenvalue weighted by Crippen LogP contribution is -2.34. The van der Waals surface area contributed by atoms with Gasteiger partial charge in [-0.1, -0.05) is 6.07 Å². The molecule has 1 aromatic rings. The van der Waals surface area contributed by atoms with Crippen molar-refractivity contribution in [2.24, 2.45) is 0 Å². The molecule has 2 rings (SSSR count). The van der Waals surface area contributed by atoms with Gasteiger partial charge in [0.15, 0.2) is 6.10 Å². The smallest absolute Gasteiger partial charge is 0.338 e. The molecule has 1 aliphatic carbocycles. The third-order valence-corrected chi connectivity index (χ3v) is 3.41. The van der Waals surface area contributed by atoms with Crippen LogP contribution in [0.1, 0.15) is 34.8 Å². The predicted molar refractivity (Wildman–Crippen MR) is 72.0 cm³/mol. The van der Waals surface area contributed by atoms with E-state index in [4.69, 9.17) is 4.74 Å². The van der Waals surface area contributed by atoms with Gasteiger partial charge in [0, 0.05) is 14.1 Å². The Balaban J connectivity index is 2.06. The zero-order valence-corrected chi connectivity index (χ0v) is 11.6. The van der Waals surface area contributed by atoms with E-state index in [9.17, 15) is 9.59 Å². The van der Waals surface area contributed by atoms with E-state index < -0.39 is 12.1 Å². The zero-order chi connectivity index (χ0) is 14.0. The maximum Gasteiger partial charge on any atom is 0.338 e. The number of hydrogen-bond donors (Lipinski definition) is 0. The van der Waals surface area contributed by atoms with Crippen LogP contribution in [-0.4, -0.2) is 37.0 Å². The lowest BCUT2D eigenvalue weighted by atomic mass is 10.1. The molecule has 0 unspecified atom stereocenters. The highest BCUT2D eigenvalue weighted by Gasteiger charge is 2.21. The molecule has 0 heterocycles. The summed E-state index contributed by atoms with van der Waals surface area (Å²) in [5, 5.41) is 0. The van der Waals surface area contributed by atoms with E-state index in [0.29, 0.717) is 5.56 Å². The summed E-state index contributed by atoms with van der Waals surface area (Å²) in [6.45, 7) is 1.59. The van der Waals surface area contributed by atoms with Crippen LogP contribution < -0.4 is 0 Å². The molecule has 0 N–H and O–H groups in total. The minimum atomic E-state index is -0.754. The Kier molecular flexibility index (Phi) is 3.88. The summed E-state index contributed by atoms with van der Waals surface area (Å²) in [7, 11) is 3.28. The van der Waals surface area contributed by atoms with Crippen LogP contribution in [0.3, 0.4) is 0 Å². The van der Waals surface area contributed by atoms with Crippen LogP contribution in [0.5, 0.6) is 0 Å². The fourth-order valence-corrected chi connectivity index (χ4v) is 2.34. The van der Waals surface area contributed by atoms with Gasteiger partial charge in [0.2, 0.25) is 0 Å². The van der Waals surface area contributed by atoms with E-state index in [0.717, 1.165) is 19.3 Å². The van der Waals surface area contributed by atoms with E-state index in [2.05, 4.69) is 0 Å². The Bertz CT molecular complexity index is 508. The van der Waals surface area contributed by atoms with E-state index in [1.807, 2.05) is 12.1 Å². The summed E-state index contributed by atoms with van der Waals surface area (Å²) in [4.78, 5) is 25.1. The van der Waals surface area contributed by atoms with Gasteiger partial charge >= 0.3 is 5.97 Å². The first kappa shape index (κ1) is 13.6. The number of benzene rings is 1. The lowest BCUT2D eigenvalue weighted by molar-refractivity contribution is -0.137. The number of carbonyl (C=O) groups excluding carboxylic acids is 2. The van der Waals surface area contributed by atoms with Crippen LogP contribution in [-0.2, 0) is 22.4 Å². The number of aryl methyl sites for hydroxylation is 2. The molecule has 0 saturated heterocycles. The second-order valence-corrected chi connectivity index (χ2v) is 5.12. The van der Waals surface area contributed by atoms with Crippen LogP contribution in [0.2, 0.25) is 0 Å². The van der Waals surface area contributed by atoms with E-state index in [1.54, 1.807) is 27.1 Å². The predicted octanol–water partition coefficient (Wildman–Crippen LogP) is 1.81. The van der Waals surface area contributed by atoms with Gasteiger partial charge in [-0.05, 0) is 49.4 Å². The number of likely N-dealkylation sites (N-methyl/N-ethyl adjacent to an activating group) is 1. The van der Waals surface area contributed by atoms with Gasteiger partial charge < -0.3 is 9.64 Å². The average Bonchev–Trinajstić information content (AvgIpc) is 2.84. The monoisotopic (exact) mass is 261 g/mol. The van der Waals surface area contributed by atoms with Gasteiger partial charge in [0.1, 0.15) is 0 Å². The van der Waals surface area contributed by atoms with Crippen molar-refractivity contribution in [2.45, 2.75) is 32.3 Å². The second-order valence-electron chi connectivity index (χ2n) is 5.12. The summed E-state index contributed by atoms with van der Waals surface area (Å²) in [6.07, 6.45) is 2.49. The largest absolute Gasteiger partial charge is 0.449 e. The third-order valence-electron chi connectivity index (χ3n) is 3.41. The standard InChI is InChI=1S/C15H19NO3/c1-10(14(17)16(2)3)19-15(18)13-8-7-11-5-4-6-12(11)9-13/h7-10H,4-6H2,1-3H3/t10-/m1/s1. The molecule has 0 radical (unpaired) electrons. The van der Waals surface area contributed by atoms with Crippen LogP contribution in [0, 0.1) is 0 Å². The van der Waals surface area contributed by atoms with Crippen molar-refractivity contribution in [3.63, 3.8) is 0 Å². The van der Waals surface area contributed by atoms with Crippen LogP contribution in [0.25, 0.3) is 0 Å². The van der Waals surface area contributed by atoms with Crippen LogP contribution >= 0.6 is 0 Å². The second kappa shape index (κ2) is 5.43. The minimum absolute atomic E-state index is 0.213. The number of amides is 1. The quantitative estimate of drug-likeness (QED) is 0.780. The lowest BCUT2D eigenvalue weighted by Gasteiger charge is -2.17. The molecule has 0 spiro atoms. The fraction of sp³-hybridized carbons (Fsp3) is 0.467. The van der Waals surface area contributed by atoms with Gasteiger partial charge in [0.25, 0.3) is 5.91 Å². The molecule has 102 valence electrons. The van der Waals surface area contributed by atoms with Crippen molar-refractivity contribution in [1.82, 2.24) is 4.90 Å². The summed E-state index contributed by atoms with van der Waals surface area (Å²) in [6, 6.07) is 5.65. The summed E-state index contributed by atoms with van der Waals surface area (Å²) < 4.78 is 5.19. The van der Waals surface area contributed by atoms with Crippen molar-refractivity contribution in [2.75, 3.05) is 14.1 Å². The molecule has 1 atom stereocenters. The molecule has 1 aliphatic rings. The van der Waals surface area contributed by atoms with E-state index >= 15 is 0 Å². The first-order valence-corrected chi connectivity index (χ1v) is 6.53. The molecule has 0 aliphatic heterocycles. The first-order chi connectivity index (χ1) is 8.99. The summed E-state index contributed by atoms with van der Waals surface area (Å²) in [5.74, 6) is -0.646. The molecule has 1 aromatic carbocycles. The van der Waals surface area contributed by atoms with Crippen molar-refractivity contribution in [1.29, 1.82) is 0 Å². The van der Waals surface area contributed by atoms with Gasteiger partial charge in [-0.25, -0.2) is 4.79 Å². The maximum absolute atomic E-state index is 12.0. The molecule has 4 nitrogen and oxygen atoms in total. The van der Waals surface area contributed by atoms with Gasteiger partial charge in [-0.3, -0.25) is 4.79 Å². The molecule has 4 heteroatoms. The molecule has 19 heavy (non-hydrogen) atoms. The highest BCUT2D eigenvalue weighted by Crippen LogP contribution is 2.23. The highest BCUT2D eigenvalue weighted by molar-refractivity contribution is 5.92. The Labute approximate surface area is 113 Å². The number of fused-ring (bicyclic) bond motifs is 1. The number of nitrogens with zero attached hydrogens (tertiary/aromatic N) is 1. The van der Waals surface area contributed by atoms with Crippen molar-refractivity contribution in [3.05, 3.63) is 34.9 Å². The van der Waals surface area contributed by atoms with Gasteiger partial charge in [-0.2, -0.15) is 0 Å². The molecule has 0 fully saturated rings. The zero-order valence-electron chi connectivity index (χ0n) is 11.6. The first-order valence-electron chi connectivity index (χ1n) is 6.53.